The minimum absolute atomic E-state index is 0.113. The summed E-state index contributed by atoms with van der Waals surface area (Å²) in [5.41, 5.74) is 1.42. The first-order chi connectivity index (χ1) is 12.5. The molecule has 0 heterocycles. The lowest BCUT2D eigenvalue weighted by molar-refractivity contribution is -0.140. The van der Waals surface area contributed by atoms with Crippen molar-refractivity contribution in [2.45, 2.75) is 12.8 Å². The van der Waals surface area contributed by atoms with Gasteiger partial charge in [-0.2, -0.15) is 0 Å². The molecule has 1 amide bonds. The van der Waals surface area contributed by atoms with E-state index in [1.165, 1.54) is 19.2 Å². The first kappa shape index (κ1) is 19.4. The van der Waals surface area contributed by atoms with Gasteiger partial charge in [0.1, 0.15) is 11.6 Å². The summed E-state index contributed by atoms with van der Waals surface area (Å²) in [5.74, 6) is -0.197. The molecule has 0 fully saturated rings. The Kier molecular flexibility index (Phi) is 7.14. The van der Waals surface area contributed by atoms with Crippen LogP contribution in [0, 0.1) is 5.82 Å². The molecule has 0 atom stereocenters. The van der Waals surface area contributed by atoms with Crippen LogP contribution in [0.1, 0.15) is 22.3 Å². The van der Waals surface area contributed by atoms with Gasteiger partial charge in [-0.1, -0.05) is 12.1 Å². The van der Waals surface area contributed by atoms with Gasteiger partial charge >= 0.3 is 5.97 Å². The predicted molar refractivity (Wildman–Crippen MR) is 95.6 cm³/mol. The van der Waals surface area contributed by atoms with Gasteiger partial charge < -0.3 is 14.4 Å². The molecule has 0 aliphatic heterocycles. The Morgan fingerprint density at radius 3 is 2.19 bits per heavy atom. The van der Waals surface area contributed by atoms with E-state index >= 15 is 0 Å². The number of ether oxygens (including phenoxy) is 2. The highest BCUT2D eigenvalue weighted by molar-refractivity contribution is 5.94. The average Bonchev–Trinajstić information content (AvgIpc) is 2.68. The SMILES string of the molecule is COC(=O)CCN(CCc1ccc(F)cc1)C(=O)c1ccc(OC)cc1. The molecule has 0 aliphatic carbocycles. The molecule has 2 aromatic rings. The van der Waals surface area contributed by atoms with Crippen LogP contribution in [0.5, 0.6) is 5.75 Å². The first-order valence-corrected chi connectivity index (χ1v) is 8.28. The molecule has 0 saturated carbocycles. The fourth-order valence-corrected chi connectivity index (χ4v) is 2.47. The van der Waals surface area contributed by atoms with Crippen molar-refractivity contribution in [2.24, 2.45) is 0 Å². The van der Waals surface area contributed by atoms with Crippen molar-refractivity contribution in [3.63, 3.8) is 0 Å². The molecule has 0 radical (unpaired) electrons. The Morgan fingerprint density at radius 1 is 0.962 bits per heavy atom. The Balaban J connectivity index is 2.08. The number of hydrogen-bond acceptors (Lipinski definition) is 4. The van der Waals surface area contributed by atoms with Crippen LogP contribution in [0.2, 0.25) is 0 Å². The van der Waals surface area contributed by atoms with Crippen molar-refractivity contribution in [3.05, 3.63) is 65.5 Å². The Bertz CT molecular complexity index is 728. The second-order valence-electron chi connectivity index (χ2n) is 5.72. The topological polar surface area (TPSA) is 55.8 Å². The number of carbonyl (C=O) groups is 2. The molecule has 138 valence electrons. The molecule has 0 spiro atoms. The Morgan fingerprint density at radius 2 is 1.62 bits per heavy atom. The Labute approximate surface area is 152 Å². The second kappa shape index (κ2) is 9.56. The molecule has 2 aromatic carbocycles. The standard InChI is InChI=1S/C20H22FNO4/c1-25-18-9-5-16(6-10-18)20(24)22(14-12-19(23)26-2)13-11-15-3-7-17(21)8-4-15/h3-10H,11-14H2,1-2H3. The largest absolute Gasteiger partial charge is 0.497 e. The van der Waals surface area contributed by atoms with E-state index in [2.05, 4.69) is 4.74 Å². The van der Waals surface area contributed by atoms with Gasteiger partial charge in [-0.05, 0) is 48.4 Å². The zero-order valence-corrected chi connectivity index (χ0v) is 14.9. The number of amides is 1. The van der Waals surface area contributed by atoms with Crippen LogP contribution in [0.25, 0.3) is 0 Å². The number of halogens is 1. The average molecular weight is 359 g/mol. The van der Waals surface area contributed by atoms with Gasteiger partial charge in [-0.25, -0.2) is 4.39 Å². The van der Waals surface area contributed by atoms with Crippen LogP contribution in [-0.4, -0.2) is 44.1 Å². The quantitative estimate of drug-likeness (QED) is 0.680. The number of carbonyl (C=O) groups excluding carboxylic acids is 2. The molecule has 0 bridgehead atoms. The van der Waals surface area contributed by atoms with E-state index in [0.29, 0.717) is 24.3 Å². The van der Waals surface area contributed by atoms with Crippen LogP contribution in [0.3, 0.4) is 0 Å². The predicted octanol–water partition coefficient (Wildman–Crippen LogP) is 3.08. The number of nitrogens with zero attached hydrogens (tertiary/aromatic N) is 1. The summed E-state index contributed by atoms with van der Waals surface area (Å²) in [6, 6.07) is 12.9. The highest BCUT2D eigenvalue weighted by Crippen LogP contribution is 2.14. The third kappa shape index (κ3) is 5.58. The highest BCUT2D eigenvalue weighted by atomic mass is 19.1. The summed E-state index contributed by atoms with van der Waals surface area (Å²) in [6.45, 7) is 0.659. The fraction of sp³-hybridized carbons (Fsp3) is 0.300. The zero-order valence-electron chi connectivity index (χ0n) is 14.9. The maximum absolute atomic E-state index is 13.0. The van der Waals surface area contributed by atoms with Crippen molar-refractivity contribution in [3.8, 4) is 5.75 Å². The van der Waals surface area contributed by atoms with E-state index in [0.717, 1.165) is 5.56 Å². The summed E-state index contributed by atoms with van der Waals surface area (Å²) in [7, 11) is 2.87. The minimum Gasteiger partial charge on any atom is -0.497 e. The third-order valence-electron chi connectivity index (χ3n) is 4.02. The van der Waals surface area contributed by atoms with Gasteiger partial charge in [0.15, 0.2) is 0 Å². The lowest BCUT2D eigenvalue weighted by Gasteiger charge is -2.22. The number of rotatable bonds is 8. The maximum atomic E-state index is 13.0. The summed E-state index contributed by atoms with van der Waals surface area (Å²) in [4.78, 5) is 25.8. The molecule has 26 heavy (non-hydrogen) atoms. The van der Waals surface area contributed by atoms with Crippen LogP contribution in [0.4, 0.5) is 4.39 Å². The van der Waals surface area contributed by atoms with Gasteiger partial charge in [0, 0.05) is 18.7 Å². The van der Waals surface area contributed by atoms with Crippen molar-refractivity contribution in [2.75, 3.05) is 27.3 Å². The van der Waals surface area contributed by atoms with Gasteiger partial charge in [-0.3, -0.25) is 9.59 Å². The van der Waals surface area contributed by atoms with Crippen LogP contribution in [0.15, 0.2) is 48.5 Å². The molecule has 0 aromatic heterocycles. The van der Waals surface area contributed by atoms with Gasteiger partial charge in [0.2, 0.25) is 0 Å². The first-order valence-electron chi connectivity index (χ1n) is 8.28. The summed E-state index contributed by atoms with van der Waals surface area (Å²) in [6.07, 6.45) is 0.672. The third-order valence-corrected chi connectivity index (χ3v) is 4.02. The highest BCUT2D eigenvalue weighted by Gasteiger charge is 2.17. The van der Waals surface area contributed by atoms with Crippen molar-refractivity contribution < 1.29 is 23.5 Å². The smallest absolute Gasteiger partial charge is 0.307 e. The lowest BCUT2D eigenvalue weighted by Crippen LogP contribution is -2.35. The lowest BCUT2D eigenvalue weighted by atomic mass is 10.1. The summed E-state index contributed by atoms with van der Waals surface area (Å²) >= 11 is 0. The summed E-state index contributed by atoms with van der Waals surface area (Å²) < 4.78 is 22.8. The molecule has 6 heteroatoms. The van der Waals surface area contributed by atoms with Gasteiger partial charge in [0.25, 0.3) is 5.91 Å². The van der Waals surface area contributed by atoms with E-state index in [1.807, 2.05) is 0 Å². The van der Waals surface area contributed by atoms with E-state index in [9.17, 15) is 14.0 Å². The molecular weight excluding hydrogens is 337 g/mol. The van der Waals surface area contributed by atoms with Gasteiger partial charge in [0.05, 0.1) is 20.6 Å². The van der Waals surface area contributed by atoms with E-state index in [4.69, 9.17) is 4.74 Å². The molecular formula is C20H22FNO4. The van der Waals surface area contributed by atoms with Crippen molar-refractivity contribution >= 4 is 11.9 Å². The van der Waals surface area contributed by atoms with Crippen LogP contribution < -0.4 is 4.74 Å². The monoisotopic (exact) mass is 359 g/mol. The molecule has 0 unspecified atom stereocenters. The molecule has 0 aliphatic rings. The van der Waals surface area contributed by atoms with Crippen LogP contribution in [-0.2, 0) is 16.0 Å². The molecule has 5 nitrogen and oxygen atoms in total. The summed E-state index contributed by atoms with van der Waals surface area (Å²) in [5, 5.41) is 0. The second-order valence-corrected chi connectivity index (χ2v) is 5.72. The van der Waals surface area contributed by atoms with Crippen molar-refractivity contribution in [1.82, 2.24) is 4.90 Å². The van der Waals surface area contributed by atoms with E-state index < -0.39 is 0 Å². The van der Waals surface area contributed by atoms with Crippen LogP contribution >= 0.6 is 0 Å². The van der Waals surface area contributed by atoms with E-state index in [1.54, 1.807) is 48.4 Å². The maximum Gasteiger partial charge on any atom is 0.307 e. The van der Waals surface area contributed by atoms with E-state index in [-0.39, 0.29) is 30.7 Å². The fourth-order valence-electron chi connectivity index (χ4n) is 2.47. The molecule has 2 rings (SSSR count). The molecule has 0 N–H and O–H groups in total. The number of hydrogen-bond donors (Lipinski definition) is 0. The zero-order chi connectivity index (χ0) is 18.9. The normalized spacial score (nSPS) is 10.3. The number of esters is 1. The Hall–Kier alpha value is -2.89. The number of benzene rings is 2. The van der Waals surface area contributed by atoms with Crippen molar-refractivity contribution in [1.29, 1.82) is 0 Å². The molecule has 0 saturated heterocycles. The van der Waals surface area contributed by atoms with Gasteiger partial charge in [-0.15, -0.1) is 0 Å². The number of methoxy groups -OCH3 is 2. The minimum atomic E-state index is -0.376.